The van der Waals surface area contributed by atoms with Crippen LogP contribution in [-0.4, -0.2) is 42.7 Å². The van der Waals surface area contributed by atoms with Gasteiger partial charge in [0.25, 0.3) is 0 Å². The number of aliphatic hydroxyl groups excluding tert-OH is 2. The summed E-state index contributed by atoms with van der Waals surface area (Å²) in [7, 11) is 1.36. The van der Waals surface area contributed by atoms with Crippen LogP contribution in [0.15, 0.2) is 18.2 Å². The van der Waals surface area contributed by atoms with E-state index in [0.29, 0.717) is 5.56 Å². The monoisotopic (exact) mass is 291 g/mol. The fraction of sp³-hybridized carbons (Fsp3) is 0.538. The molecule has 0 fully saturated rings. The number of rotatable bonds is 8. The molecule has 0 aromatic heterocycles. The van der Waals surface area contributed by atoms with E-state index in [-0.39, 0.29) is 31.3 Å². The maximum Gasteiger partial charge on any atom is 0.387 e. The summed E-state index contributed by atoms with van der Waals surface area (Å²) in [5, 5.41) is 21.3. The van der Waals surface area contributed by atoms with Crippen LogP contribution in [0, 0.1) is 0 Å². The summed E-state index contributed by atoms with van der Waals surface area (Å²) in [6.07, 6.45) is 0. The average molecular weight is 291 g/mol. The van der Waals surface area contributed by atoms with E-state index in [9.17, 15) is 8.78 Å². The van der Waals surface area contributed by atoms with Crippen molar-refractivity contribution in [3.05, 3.63) is 23.8 Å². The second-order valence-corrected chi connectivity index (χ2v) is 4.59. The minimum absolute atomic E-state index is 0.0588. The molecule has 0 atom stereocenters. The Hall–Kier alpha value is -1.44. The first-order valence-electron chi connectivity index (χ1n) is 6.02. The second kappa shape index (κ2) is 7.37. The number of nitrogens with one attached hydrogen (secondary N) is 1. The zero-order chi connectivity index (χ0) is 15.2. The van der Waals surface area contributed by atoms with E-state index in [1.54, 1.807) is 13.0 Å². The highest BCUT2D eigenvalue weighted by molar-refractivity contribution is 5.43. The van der Waals surface area contributed by atoms with Crippen molar-refractivity contribution in [2.24, 2.45) is 0 Å². The Morgan fingerprint density at radius 3 is 2.40 bits per heavy atom. The SMILES string of the molecule is COc1ccc(CNC(C)(CO)CO)cc1OC(F)F. The topological polar surface area (TPSA) is 71.0 Å². The van der Waals surface area contributed by atoms with Crippen LogP contribution >= 0.6 is 0 Å². The summed E-state index contributed by atoms with van der Waals surface area (Å²) >= 11 is 0. The van der Waals surface area contributed by atoms with E-state index < -0.39 is 12.2 Å². The third-order valence-corrected chi connectivity index (χ3v) is 2.86. The van der Waals surface area contributed by atoms with Gasteiger partial charge in [0.15, 0.2) is 11.5 Å². The Morgan fingerprint density at radius 2 is 1.90 bits per heavy atom. The number of hydrogen-bond donors (Lipinski definition) is 3. The van der Waals surface area contributed by atoms with E-state index in [2.05, 4.69) is 10.1 Å². The Balaban J connectivity index is 2.81. The van der Waals surface area contributed by atoms with Crippen LogP contribution in [0.5, 0.6) is 11.5 Å². The average Bonchev–Trinajstić information content (AvgIpc) is 2.44. The van der Waals surface area contributed by atoms with Gasteiger partial charge in [-0.1, -0.05) is 6.07 Å². The number of ether oxygens (including phenoxy) is 2. The predicted molar refractivity (Wildman–Crippen MR) is 69.0 cm³/mol. The van der Waals surface area contributed by atoms with E-state index in [1.165, 1.54) is 19.2 Å². The molecular formula is C13H19F2NO4. The van der Waals surface area contributed by atoms with Gasteiger partial charge in [0.2, 0.25) is 0 Å². The third-order valence-electron chi connectivity index (χ3n) is 2.86. The maximum absolute atomic E-state index is 12.3. The smallest absolute Gasteiger partial charge is 0.387 e. The second-order valence-electron chi connectivity index (χ2n) is 4.59. The number of hydrogen-bond acceptors (Lipinski definition) is 5. The largest absolute Gasteiger partial charge is 0.493 e. The lowest BCUT2D eigenvalue weighted by atomic mass is 10.0. The zero-order valence-corrected chi connectivity index (χ0v) is 11.4. The molecule has 0 aliphatic carbocycles. The first-order chi connectivity index (χ1) is 9.44. The van der Waals surface area contributed by atoms with Crippen molar-refractivity contribution in [3.8, 4) is 11.5 Å². The molecule has 0 saturated carbocycles. The summed E-state index contributed by atoms with van der Waals surface area (Å²) in [6.45, 7) is -1.51. The molecule has 0 radical (unpaired) electrons. The summed E-state index contributed by atoms with van der Waals surface area (Å²) in [4.78, 5) is 0. The van der Waals surface area contributed by atoms with Crippen molar-refractivity contribution in [1.29, 1.82) is 0 Å². The quantitative estimate of drug-likeness (QED) is 0.670. The standard InChI is InChI=1S/C13H19F2NO4/c1-13(7-17,8-18)16-6-9-3-4-10(19-2)11(5-9)20-12(14)15/h3-5,12,16-18H,6-8H2,1-2H3. The fourth-order valence-electron chi connectivity index (χ4n) is 1.50. The highest BCUT2D eigenvalue weighted by Gasteiger charge is 2.21. The van der Waals surface area contributed by atoms with Gasteiger partial charge in [-0.3, -0.25) is 0 Å². The lowest BCUT2D eigenvalue weighted by molar-refractivity contribution is -0.0512. The molecule has 7 heteroatoms. The van der Waals surface area contributed by atoms with Crippen molar-refractivity contribution in [2.75, 3.05) is 20.3 Å². The molecule has 0 amide bonds. The van der Waals surface area contributed by atoms with E-state index in [1.807, 2.05) is 0 Å². The Labute approximate surface area is 116 Å². The number of aliphatic hydroxyl groups is 2. The highest BCUT2D eigenvalue weighted by Crippen LogP contribution is 2.29. The predicted octanol–water partition coefficient (Wildman–Crippen LogP) is 1.13. The number of benzene rings is 1. The molecule has 1 aromatic carbocycles. The summed E-state index contributed by atoms with van der Waals surface area (Å²) in [6, 6.07) is 4.62. The van der Waals surface area contributed by atoms with E-state index >= 15 is 0 Å². The molecule has 3 N–H and O–H groups in total. The maximum atomic E-state index is 12.3. The van der Waals surface area contributed by atoms with Gasteiger partial charge in [-0.25, -0.2) is 0 Å². The summed E-state index contributed by atoms with van der Waals surface area (Å²) in [5.74, 6) is 0.151. The van der Waals surface area contributed by atoms with Crippen LogP contribution in [0.25, 0.3) is 0 Å². The molecule has 114 valence electrons. The van der Waals surface area contributed by atoms with Crippen LogP contribution < -0.4 is 14.8 Å². The van der Waals surface area contributed by atoms with Crippen LogP contribution in [0.3, 0.4) is 0 Å². The van der Waals surface area contributed by atoms with Crippen molar-refractivity contribution in [2.45, 2.75) is 25.6 Å². The van der Waals surface area contributed by atoms with Gasteiger partial charge in [0.1, 0.15) is 0 Å². The molecule has 0 bridgehead atoms. The van der Waals surface area contributed by atoms with Gasteiger partial charge in [0, 0.05) is 6.54 Å². The number of alkyl halides is 2. The summed E-state index contributed by atoms with van der Waals surface area (Å²) in [5.41, 5.74) is -0.182. The van der Waals surface area contributed by atoms with Gasteiger partial charge in [-0.05, 0) is 24.6 Å². The Morgan fingerprint density at radius 1 is 1.25 bits per heavy atom. The van der Waals surface area contributed by atoms with Crippen LogP contribution in [0.4, 0.5) is 8.78 Å². The first-order valence-corrected chi connectivity index (χ1v) is 6.02. The number of methoxy groups -OCH3 is 1. The Bertz CT molecular complexity index is 425. The van der Waals surface area contributed by atoms with Crippen LogP contribution in [0.2, 0.25) is 0 Å². The number of halogens is 2. The van der Waals surface area contributed by atoms with Crippen molar-refractivity contribution < 1.29 is 28.5 Å². The van der Waals surface area contributed by atoms with Gasteiger partial charge in [-0.15, -0.1) is 0 Å². The molecule has 5 nitrogen and oxygen atoms in total. The molecule has 0 spiro atoms. The van der Waals surface area contributed by atoms with E-state index in [0.717, 1.165) is 0 Å². The zero-order valence-electron chi connectivity index (χ0n) is 11.4. The first kappa shape index (κ1) is 16.6. The minimum Gasteiger partial charge on any atom is -0.493 e. The van der Waals surface area contributed by atoms with E-state index in [4.69, 9.17) is 14.9 Å². The molecule has 1 rings (SSSR count). The molecular weight excluding hydrogens is 272 g/mol. The summed E-state index contributed by atoms with van der Waals surface area (Å²) < 4.78 is 33.9. The molecule has 0 aliphatic rings. The van der Waals surface area contributed by atoms with Crippen LogP contribution in [0.1, 0.15) is 12.5 Å². The molecule has 20 heavy (non-hydrogen) atoms. The van der Waals surface area contributed by atoms with Gasteiger partial charge >= 0.3 is 6.61 Å². The van der Waals surface area contributed by atoms with Gasteiger partial charge in [-0.2, -0.15) is 8.78 Å². The Kier molecular flexibility index (Phi) is 6.12. The minimum atomic E-state index is -2.94. The normalized spacial score (nSPS) is 11.8. The lowest BCUT2D eigenvalue weighted by Crippen LogP contribution is -2.48. The molecule has 0 aliphatic heterocycles. The van der Waals surface area contributed by atoms with Crippen molar-refractivity contribution >= 4 is 0 Å². The fourth-order valence-corrected chi connectivity index (χ4v) is 1.50. The third kappa shape index (κ3) is 4.59. The lowest BCUT2D eigenvalue weighted by Gasteiger charge is -2.26. The molecule has 0 unspecified atom stereocenters. The molecule has 0 heterocycles. The molecule has 0 saturated heterocycles. The van der Waals surface area contributed by atoms with Gasteiger partial charge in [0.05, 0.1) is 25.9 Å². The molecule has 1 aromatic rings. The van der Waals surface area contributed by atoms with Crippen LogP contribution in [-0.2, 0) is 6.54 Å². The highest BCUT2D eigenvalue weighted by atomic mass is 19.3. The van der Waals surface area contributed by atoms with Gasteiger partial charge < -0.3 is 25.0 Å². The van der Waals surface area contributed by atoms with Crippen molar-refractivity contribution in [3.63, 3.8) is 0 Å². The van der Waals surface area contributed by atoms with Crippen molar-refractivity contribution in [1.82, 2.24) is 5.32 Å².